The largest absolute Gasteiger partial charge is 2.00 e. The summed E-state index contributed by atoms with van der Waals surface area (Å²) in [6, 6.07) is 0. The number of rotatable bonds is 0. The second kappa shape index (κ2) is 9.41. The summed E-state index contributed by atoms with van der Waals surface area (Å²) in [6.07, 6.45) is 0. The zero-order chi connectivity index (χ0) is 3.58. The maximum Gasteiger partial charge on any atom is 2.00 e. The van der Waals surface area contributed by atoms with E-state index < -0.39 is 0 Å². The first-order chi connectivity index (χ1) is 1.73. The van der Waals surface area contributed by atoms with Gasteiger partial charge in [0.05, 0.1) is 0 Å². The van der Waals surface area contributed by atoms with Gasteiger partial charge in [0.1, 0.15) is 0 Å². The summed E-state index contributed by atoms with van der Waals surface area (Å²) in [5, 5.41) is 0. The van der Waals surface area contributed by atoms with Gasteiger partial charge in [-0.15, -0.1) is 0 Å². The van der Waals surface area contributed by atoms with E-state index in [2.05, 4.69) is 20.8 Å². The number of hydrogen-bond donors (Lipinski definition) is 0. The van der Waals surface area contributed by atoms with Crippen LogP contribution in [0.15, 0.2) is 0 Å². The number of hydrogen-bond acceptors (Lipinski definition) is 0. The van der Waals surface area contributed by atoms with Crippen molar-refractivity contribution in [3.63, 3.8) is 0 Å². The van der Waals surface area contributed by atoms with Crippen LogP contribution in [0.2, 0.25) is 0 Å². The van der Waals surface area contributed by atoms with Gasteiger partial charge in [0.2, 0.25) is 0 Å². The first kappa shape index (κ1) is 15.7. The average Bonchev–Trinajstić information content (AvgIpc) is 0.811. The zero-order valence-electron chi connectivity index (χ0n) is 4.37. The SMILES string of the molecule is [CH2-]C(C)C.[Cl-].[Mg+2]. The van der Waals surface area contributed by atoms with Gasteiger partial charge in [-0.2, -0.15) is 5.92 Å². The van der Waals surface area contributed by atoms with E-state index in [9.17, 15) is 0 Å². The molecule has 0 aliphatic carbocycles. The van der Waals surface area contributed by atoms with Crippen molar-refractivity contribution in [1.82, 2.24) is 0 Å². The minimum absolute atomic E-state index is 0. The molecule has 0 aromatic carbocycles. The smallest absolute Gasteiger partial charge is 1.00 e. The molecule has 6 heavy (non-hydrogen) atoms. The van der Waals surface area contributed by atoms with Crippen LogP contribution in [-0.2, 0) is 0 Å². The maximum atomic E-state index is 3.64. The Morgan fingerprint density at radius 3 is 1.33 bits per heavy atom. The molecule has 0 rings (SSSR count). The Kier molecular flexibility index (Phi) is 24.7. The molecule has 0 spiro atoms. The van der Waals surface area contributed by atoms with Gasteiger partial charge >= 0.3 is 23.1 Å². The second-order valence-electron chi connectivity index (χ2n) is 1.39. The molecule has 0 aromatic rings. The molecule has 2 heteroatoms. The van der Waals surface area contributed by atoms with Crippen molar-refractivity contribution in [2.75, 3.05) is 0 Å². The predicted octanol–water partition coefficient (Wildman–Crippen LogP) is -1.90. The Hall–Kier alpha value is 1.06. The normalized spacial score (nSPS) is 6.00. The van der Waals surface area contributed by atoms with E-state index in [4.69, 9.17) is 0 Å². The Labute approximate surface area is 62.3 Å². The van der Waals surface area contributed by atoms with Crippen LogP contribution in [0.25, 0.3) is 0 Å². The summed E-state index contributed by atoms with van der Waals surface area (Å²) in [6.45, 7) is 7.75. The van der Waals surface area contributed by atoms with E-state index in [1.165, 1.54) is 0 Å². The average molecular weight is 117 g/mol. The predicted molar refractivity (Wildman–Crippen MR) is 25.9 cm³/mol. The van der Waals surface area contributed by atoms with Crippen LogP contribution in [0, 0.1) is 12.8 Å². The Morgan fingerprint density at radius 1 is 1.33 bits per heavy atom. The molecule has 0 aromatic heterocycles. The van der Waals surface area contributed by atoms with Crippen molar-refractivity contribution < 1.29 is 12.4 Å². The maximum absolute atomic E-state index is 3.64. The van der Waals surface area contributed by atoms with E-state index in [1.54, 1.807) is 0 Å². The third-order valence-electron chi connectivity index (χ3n) is 0. The van der Waals surface area contributed by atoms with Crippen LogP contribution >= 0.6 is 0 Å². The second-order valence-corrected chi connectivity index (χ2v) is 1.39. The van der Waals surface area contributed by atoms with Crippen molar-refractivity contribution in [2.24, 2.45) is 5.92 Å². The first-order valence-corrected chi connectivity index (χ1v) is 1.56. The van der Waals surface area contributed by atoms with Gasteiger partial charge < -0.3 is 19.3 Å². The topological polar surface area (TPSA) is 0 Å². The Balaban J connectivity index is -0.0000000450. The van der Waals surface area contributed by atoms with Gasteiger partial charge in [0.25, 0.3) is 0 Å². The molecule has 0 saturated heterocycles. The molecular weight excluding hydrogens is 108 g/mol. The molecule has 0 N–H and O–H groups in total. The summed E-state index contributed by atoms with van der Waals surface area (Å²) >= 11 is 0. The van der Waals surface area contributed by atoms with Gasteiger partial charge in [-0.3, -0.25) is 0 Å². The van der Waals surface area contributed by atoms with Crippen molar-refractivity contribution in [3.05, 3.63) is 6.92 Å². The Morgan fingerprint density at radius 2 is 1.33 bits per heavy atom. The molecule has 0 amide bonds. The summed E-state index contributed by atoms with van der Waals surface area (Å²) in [7, 11) is 0. The van der Waals surface area contributed by atoms with Gasteiger partial charge in [-0.05, 0) is 0 Å². The summed E-state index contributed by atoms with van der Waals surface area (Å²) in [4.78, 5) is 0. The minimum atomic E-state index is 0. The molecule has 0 aliphatic heterocycles. The molecule has 0 heterocycles. The van der Waals surface area contributed by atoms with Crippen LogP contribution in [0.4, 0.5) is 0 Å². The van der Waals surface area contributed by atoms with Gasteiger partial charge in [-0.25, -0.2) is 0 Å². The van der Waals surface area contributed by atoms with Gasteiger partial charge in [-0.1, -0.05) is 13.8 Å². The minimum Gasteiger partial charge on any atom is -1.00 e. The van der Waals surface area contributed by atoms with Crippen molar-refractivity contribution >= 4 is 23.1 Å². The molecule has 0 aliphatic rings. The van der Waals surface area contributed by atoms with Gasteiger partial charge in [0, 0.05) is 0 Å². The quantitative estimate of drug-likeness (QED) is 0.257. The number of halogens is 1. The summed E-state index contributed by atoms with van der Waals surface area (Å²) in [5.74, 6) is 0.583. The summed E-state index contributed by atoms with van der Waals surface area (Å²) in [5.41, 5.74) is 0. The van der Waals surface area contributed by atoms with Gasteiger partial charge in [0.15, 0.2) is 0 Å². The molecule has 34 valence electrons. The monoisotopic (exact) mass is 116 g/mol. The van der Waals surface area contributed by atoms with Crippen LogP contribution in [0.3, 0.4) is 0 Å². The fourth-order valence-corrected chi connectivity index (χ4v) is 0. The molecule has 0 bridgehead atoms. The van der Waals surface area contributed by atoms with Crippen LogP contribution in [-0.4, -0.2) is 23.1 Å². The molecule has 0 unspecified atom stereocenters. The zero-order valence-corrected chi connectivity index (χ0v) is 6.54. The first-order valence-electron chi connectivity index (χ1n) is 1.56. The standard InChI is InChI=1S/C4H9.ClH.Mg/c1-4(2)3;;/h4H,1H2,2-3H3;1H;/q-1;;+2/p-1. The third-order valence-corrected chi connectivity index (χ3v) is 0. The molecule has 0 atom stereocenters. The van der Waals surface area contributed by atoms with Crippen molar-refractivity contribution in [2.45, 2.75) is 13.8 Å². The van der Waals surface area contributed by atoms with E-state index in [1.807, 2.05) is 0 Å². The van der Waals surface area contributed by atoms with Crippen LogP contribution in [0.5, 0.6) is 0 Å². The Bertz CT molecular complexity index is 12.3. The van der Waals surface area contributed by atoms with E-state index >= 15 is 0 Å². The third kappa shape index (κ3) is 74.6. The molecule has 0 radical (unpaired) electrons. The fraction of sp³-hybridized carbons (Fsp3) is 0.750. The van der Waals surface area contributed by atoms with Crippen molar-refractivity contribution in [3.8, 4) is 0 Å². The molecular formula is C4H9ClMg. The molecule has 0 saturated carbocycles. The molecule has 0 nitrogen and oxygen atoms in total. The van der Waals surface area contributed by atoms with E-state index in [0.717, 1.165) is 0 Å². The van der Waals surface area contributed by atoms with E-state index in [-0.39, 0.29) is 35.5 Å². The van der Waals surface area contributed by atoms with Crippen molar-refractivity contribution in [1.29, 1.82) is 0 Å². The van der Waals surface area contributed by atoms with Crippen LogP contribution < -0.4 is 12.4 Å². The molecule has 0 fully saturated rings. The summed E-state index contributed by atoms with van der Waals surface area (Å²) < 4.78 is 0. The van der Waals surface area contributed by atoms with E-state index in [0.29, 0.717) is 5.92 Å². The van der Waals surface area contributed by atoms with Crippen LogP contribution in [0.1, 0.15) is 13.8 Å². The fourth-order valence-electron chi connectivity index (χ4n) is 0.